The molecule has 0 aliphatic carbocycles. The highest BCUT2D eigenvalue weighted by Gasteiger charge is 2.33. The number of nitrogens with zero attached hydrogens (tertiary/aromatic N) is 2. The summed E-state index contributed by atoms with van der Waals surface area (Å²) in [5.41, 5.74) is -2.37. The van der Waals surface area contributed by atoms with Gasteiger partial charge in [-0.3, -0.25) is 0 Å². The van der Waals surface area contributed by atoms with Crippen LogP contribution in [0.25, 0.3) is 0 Å². The first-order valence-electron chi connectivity index (χ1n) is 4.37. The minimum absolute atomic E-state index is 0.439. The lowest BCUT2D eigenvalue weighted by Crippen LogP contribution is -2.19. The lowest BCUT2D eigenvalue weighted by Gasteiger charge is -2.12. The van der Waals surface area contributed by atoms with Crippen LogP contribution in [0.3, 0.4) is 0 Å². The Morgan fingerprint density at radius 1 is 1.44 bits per heavy atom. The fraction of sp³-hybridized carbons (Fsp3) is 0.333. The van der Waals surface area contributed by atoms with Crippen molar-refractivity contribution in [1.82, 2.24) is 4.98 Å². The molecule has 0 atom stereocenters. The molecule has 1 N–H and O–H groups in total. The Balaban J connectivity index is 3.32. The fourth-order valence-corrected chi connectivity index (χ4v) is 1.21. The summed E-state index contributed by atoms with van der Waals surface area (Å²) in [7, 11) is 0. The molecule has 0 bridgehead atoms. The first-order valence-corrected chi connectivity index (χ1v) is 4.37. The van der Waals surface area contributed by atoms with Gasteiger partial charge in [0.25, 0.3) is 6.43 Å². The largest absolute Gasteiger partial charge is 0.574 e. The zero-order valence-corrected chi connectivity index (χ0v) is 8.50. The van der Waals surface area contributed by atoms with E-state index in [0.29, 0.717) is 6.07 Å². The normalized spacial score (nSPS) is 11.4. The van der Waals surface area contributed by atoms with Gasteiger partial charge in [0.05, 0.1) is 29.5 Å². The van der Waals surface area contributed by atoms with Gasteiger partial charge in [0.15, 0.2) is 0 Å². The Kier molecular flexibility index (Phi) is 4.03. The van der Waals surface area contributed by atoms with Crippen LogP contribution < -0.4 is 4.74 Å². The van der Waals surface area contributed by atoms with Crippen molar-refractivity contribution in [1.29, 1.82) is 5.26 Å². The zero-order chi connectivity index (χ0) is 13.9. The monoisotopic (exact) mass is 268 g/mol. The Bertz CT molecular complexity index is 481. The summed E-state index contributed by atoms with van der Waals surface area (Å²) < 4.78 is 64.3. The van der Waals surface area contributed by atoms with Gasteiger partial charge in [0.2, 0.25) is 5.88 Å². The van der Waals surface area contributed by atoms with E-state index < -0.39 is 42.1 Å². The van der Waals surface area contributed by atoms with Crippen LogP contribution in [0.15, 0.2) is 6.07 Å². The molecule has 0 saturated carbocycles. The van der Waals surface area contributed by atoms with E-state index >= 15 is 0 Å². The number of alkyl halides is 5. The number of ether oxygens (including phenoxy) is 1. The summed E-state index contributed by atoms with van der Waals surface area (Å²) in [5, 5.41) is 17.3. The van der Waals surface area contributed by atoms with Crippen LogP contribution in [-0.4, -0.2) is 16.5 Å². The molecule has 0 radical (unpaired) electrons. The van der Waals surface area contributed by atoms with Crippen molar-refractivity contribution in [3.05, 3.63) is 22.9 Å². The zero-order valence-electron chi connectivity index (χ0n) is 8.50. The predicted molar refractivity (Wildman–Crippen MR) is 46.5 cm³/mol. The first kappa shape index (κ1) is 14.1. The Labute approximate surface area is 97.2 Å². The molecule has 0 aliphatic rings. The van der Waals surface area contributed by atoms with Crippen molar-refractivity contribution in [3.63, 3.8) is 0 Å². The average molecular weight is 268 g/mol. The van der Waals surface area contributed by atoms with Gasteiger partial charge in [-0.25, -0.2) is 13.8 Å². The number of aliphatic hydroxyl groups is 1. The number of hydrogen-bond donors (Lipinski definition) is 1. The van der Waals surface area contributed by atoms with Crippen molar-refractivity contribution < 1.29 is 31.8 Å². The van der Waals surface area contributed by atoms with Gasteiger partial charge in [-0.15, -0.1) is 13.2 Å². The van der Waals surface area contributed by atoms with Gasteiger partial charge in [-0.1, -0.05) is 0 Å². The molecule has 98 valence electrons. The van der Waals surface area contributed by atoms with Crippen LogP contribution in [-0.2, 0) is 6.61 Å². The van der Waals surface area contributed by atoms with E-state index in [-0.39, 0.29) is 0 Å². The fourth-order valence-electron chi connectivity index (χ4n) is 1.21. The lowest BCUT2D eigenvalue weighted by molar-refractivity contribution is -0.276. The second-order valence-electron chi connectivity index (χ2n) is 2.99. The molecule has 0 amide bonds. The number of halogens is 5. The average Bonchev–Trinajstić information content (AvgIpc) is 2.24. The van der Waals surface area contributed by atoms with Crippen molar-refractivity contribution in [3.8, 4) is 11.9 Å². The molecule has 1 rings (SSSR count). The summed E-state index contributed by atoms with van der Waals surface area (Å²) >= 11 is 0. The summed E-state index contributed by atoms with van der Waals surface area (Å²) in [6, 6.07) is 1.74. The van der Waals surface area contributed by atoms with Crippen molar-refractivity contribution in [2.45, 2.75) is 19.4 Å². The van der Waals surface area contributed by atoms with Gasteiger partial charge < -0.3 is 9.84 Å². The van der Waals surface area contributed by atoms with Crippen molar-refractivity contribution >= 4 is 0 Å². The van der Waals surface area contributed by atoms with Gasteiger partial charge in [0.1, 0.15) is 0 Å². The predicted octanol–water partition coefficient (Wildman–Crippen LogP) is 2.28. The van der Waals surface area contributed by atoms with E-state index in [1.807, 2.05) is 0 Å². The molecule has 0 aliphatic heterocycles. The second-order valence-corrected chi connectivity index (χ2v) is 2.99. The van der Waals surface area contributed by atoms with E-state index in [1.54, 1.807) is 0 Å². The van der Waals surface area contributed by atoms with Crippen LogP contribution in [0.4, 0.5) is 22.0 Å². The van der Waals surface area contributed by atoms with E-state index in [4.69, 9.17) is 10.4 Å². The third kappa shape index (κ3) is 3.27. The molecule has 1 aromatic heterocycles. The minimum atomic E-state index is -5.07. The number of aromatic nitrogens is 1. The highest BCUT2D eigenvalue weighted by molar-refractivity contribution is 5.43. The number of nitriles is 1. The SMILES string of the molecule is N#Cc1cc(OC(F)(F)F)nc(CO)c1C(F)F. The summed E-state index contributed by atoms with van der Waals surface area (Å²) in [6.45, 7) is -1.04. The molecule has 0 fully saturated rings. The topological polar surface area (TPSA) is 66.1 Å². The lowest BCUT2D eigenvalue weighted by atomic mass is 10.1. The molecule has 18 heavy (non-hydrogen) atoms. The maximum absolute atomic E-state index is 12.6. The van der Waals surface area contributed by atoms with Gasteiger partial charge >= 0.3 is 6.36 Å². The van der Waals surface area contributed by atoms with Crippen LogP contribution in [0, 0.1) is 11.3 Å². The highest BCUT2D eigenvalue weighted by Crippen LogP contribution is 2.30. The van der Waals surface area contributed by atoms with E-state index in [1.165, 1.54) is 6.07 Å². The van der Waals surface area contributed by atoms with Crippen LogP contribution in [0.1, 0.15) is 23.2 Å². The quantitative estimate of drug-likeness (QED) is 0.854. The van der Waals surface area contributed by atoms with Crippen molar-refractivity contribution in [2.24, 2.45) is 0 Å². The number of pyridine rings is 1. The molecular weight excluding hydrogens is 263 g/mol. The van der Waals surface area contributed by atoms with Crippen LogP contribution in [0.5, 0.6) is 5.88 Å². The van der Waals surface area contributed by atoms with Gasteiger partial charge in [-0.05, 0) is 0 Å². The van der Waals surface area contributed by atoms with Crippen LogP contribution >= 0.6 is 0 Å². The molecule has 0 spiro atoms. The third-order valence-corrected chi connectivity index (χ3v) is 1.82. The molecule has 0 saturated heterocycles. The molecule has 1 aromatic rings. The number of hydrogen-bond acceptors (Lipinski definition) is 4. The molecule has 1 heterocycles. The number of rotatable bonds is 3. The van der Waals surface area contributed by atoms with E-state index in [2.05, 4.69) is 9.72 Å². The molecule has 9 heteroatoms. The maximum Gasteiger partial charge on any atom is 0.574 e. The molecule has 0 unspecified atom stereocenters. The smallest absolute Gasteiger partial charge is 0.390 e. The Morgan fingerprint density at radius 3 is 2.44 bits per heavy atom. The van der Waals surface area contributed by atoms with E-state index in [9.17, 15) is 22.0 Å². The summed E-state index contributed by atoms with van der Waals surface area (Å²) in [6.07, 6.45) is -8.21. The molecular formula is C9H5F5N2O2. The second kappa shape index (κ2) is 5.14. The van der Waals surface area contributed by atoms with Gasteiger partial charge in [-0.2, -0.15) is 5.26 Å². The summed E-state index contributed by atoms with van der Waals surface area (Å²) in [4.78, 5) is 3.08. The van der Waals surface area contributed by atoms with E-state index in [0.717, 1.165) is 0 Å². The third-order valence-electron chi connectivity index (χ3n) is 1.82. The van der Waals surface area contributed by atoms with Gasteiger partial charge in [0, 0.05) is 6.07 Å². The number of aliphatic hydroxyl groups excluding tert-OH is 1. The van der Waals surface area contributed by atoms with Crippen LogP contribution in [0.2, 0.25) is 0 Å². The standard InChI is InChI=1S/C9H5F5N2O2/c10-8(11)7-4(2-15)1-6(16-5(7)3-17)18-9(12,13)14/h1,8,17H,3H2. The first-order chi connectivity index (χ1) is 8.28. The maximum atomic E-state index is 12.6. The molecule has 0 aromatic carbocycles. The minimum Gasteiger partial charge on any atom is -0.390 e. The summed E-state index contributed by atoms with van der Waals surface area (Å²) in [5.74, 6) is -1.08. The molecule has 4 nitrogen and oxygen atoms in total. The Morgan fingerprint density at radius 2 is 2.06 bits per heavy atom. The van der Waals surface area contributed by atoms with Crippen molar-refractivity contribution in [2.75, 3.05) is 0 Å². The Hall–Kier alpha value is -1.95. The highest BCUT2D eigenvalue weighted by atomic mass is 19.4.